The third-order valence-electron chi connectivity index (χ3n) is 7.28. The molecule has 4 aromatic rings. The van der Waals surface area contributed by atoms with Gasteiger partial charge in [-0.3, -0.25) is 0 Å². The zero-order valence-electron chi connectivity index (χ0n) is 24.1. The topological polar surface area (TPSA) is 94.9 Å². The van der Waals surface area contributed by atoms with E-state index >= 15 is 0 Å². The minimum absolute atomic E-state index is 0.237. The van der Waals surface area contributed by atoms with Crippen LogP contribution in [-0.4, -0.2) is 43.9 Å². The van der Waals surface area contributed by atoms with Crippen LogP contribution in [0.4, 0.5) is 0 Å². The summed E-state index contributed by atoms with van der Waals surface area (Å²) in [6.07, 6.45) is -1.95. The molecule has 1 fully saturated rings. The highest BCUT2D eigenvalue weighted by atomic mass is 16.7. The first-order valence-electron chi connectivity index (χ1n) is 14.6. The highest BCUT2D eigenvalue weighted by Gasteiger charge is 2.48. The van der Waals surface area contributed by atoms with E-state index in [1.165, 1.54) is 0 Å². The second-order valence-corrected chi connectivity index (χ2v) is 10.4. The van der Waals surface area contributed by atoms with E-state index in [9.17, 15) is 5.53 Å². The summed E-state index contributed by atoms with van der Waals surface area (Å²) >= 11 is 0. The van der Waals surface area contributed by atoms with E-state index in [1.807, 2.05) is 109 Å². The molecule has 1 saturated heterocycles. The molecule has 222 valence electrons. The highest BCUT2D eigenvalue weighted by Crippen LogP contribution is 2.31. The Kier molecular flexibility index (Phi) is 11.7. The maximum absolute atomic E-state index is 9.60. The van der Waals surface area contributed by atoms with Gasteiger partial charge in [0, 0.05) is 4.91 Å². The van der Waals surface area contributed by atoms with Crippen molar-refractivity contribution in [3.05, 3.63) is 154 Å². The van der Waals surface area contributed by atoms with Crippen LogP contribution in [0.5, 0.6) is 0 Å². The van der Waals surface area contributed by atoms with E-state index in [0.29, 0.717) is 32.8 Å². The Morgan fingerprint density at radius 2 is 1.09 bits per heavy atom. The fraction of sp³-hybridized carbons (Fsp3) is 0.314. The summed E-state index contributed by atoms with van der Waals surface area (Å²) in [5, 5.41) is 4.14. The third kappa shape index (κ3) is 9.24. The van der Waals surface area contributed by atoms with Gasteiger partial charge in [0.15, 0.2) is 6.29 Å². The van der Waals surface area contributed by atoms with Gasteiger partial charge in [-0.15, -0.1) is 0 Å². The van der Waals surface area contributed by atoms with Crippen molar-refractivity contribution in [2.24, 2.45) is 5.11 Å². The van der Waals surface area contributed by atoms with Crippen molar-refractivity contribution in [1.82, 2.24) is 0 Å². The summed E-state index contributed by atoms with van der Waals surface area (Å²) < 4.78 is 31.9. The van der Waals surface area contributed by atoms with Gasteiger partial charge in [0.1, 0.15) is 24.4 Å². The number of hydrogen-bond donors (Lipinski definition) is 0. The molecule has 0 amide bonds. The lowest BCUT2D eigenvalue weighted by atomic mass is 9.96. The maximum atomic E-state index is 9.60. The van der Waals surface area contributed by atoms with E-state index in [0.717, 1.165) is 22.3 Å². The van der Waals surface area contributed by atoms with Crippen molar-refractivity contribution in [1.29, 1.82) is 0 Å². The van der Waals surface area contributed by atoms with Crippen LogP contribution in [0.15, 0.2) is 126 Å². The van der Waals surface area contributed by atoms with Gasteiger partial charge in [0.05, 0.1) is 33.0 Å². The first-order valence-corrected chi connectivity index (χ1v) is 14.6. The molecule has 1 aliphatic rings. The van der Waals surface area contributed by atoms with Gasteiger partial charge in [0.2, 0.25) is 0 Å². The maximum Gasteiger partial charge on any atom is 0.169 e. The Morgan fingerprint density at radius 3 is 1.63 bits per heavy atom. The van der Waals surface area contributed by atoms with Crippen molar-refractivity contribution in [2.45, 2.75) is 56.9 Å². The van der Waals surface area contributed by atoms with Gasteiger partial charge < -0.3 is 23.7 Å². The van der Waals surface area contributed by atoms with E-state index in [1.54, 1.807) is 0 Å². The smallest absolute Gasteiger partial charge is 0.169 e. The van der Waals surface area contributed by atoms with Crippen LogP contribution < -0.4 is 0 Å². The Bertz CT molecular complexity index is 1390. The van der Waals surface area contributed by atoms with Gasteiger partial charge in [-0.1, -0.05) is 126 Å². The molecule has 5 rings (SSSR count). The highest BCUT2D eigenvalue weighted by molar-refractivity contribution is 5.16. The Labute approximate surface area is 252 Å². The average molecular weight is 580 g/mol. The lowest BCUT2D eigenvalue weighted by Crippen LogP contribution is -2.60. The van der Waals surface area contributed by atoms with Crippen LogP contribution in [0.2, 0.25) is 0 Å². The molecule has 0 bridgehead atoms. The van der Waals surface area contributed by atoms with Gasteiger partial charge in [-0.25, -0.2) is 0 Å². The summed E-state index contributed by atoms with van der Waals surface area (Å²) in [5.41, 5.74) is 13.8. The summed E-state index contributed by atoms with van der Waals surface area (Å²) in [4.78, 5) is 3.16. The van der Waals surface area contributed by atoms with Crippen LogP contribution in [0.3, 0.4) is 0 Å². The van der Waals surface area contributed by atoms with Crippen molar-refractivity contribution in [3.63, 3.8) is 0 Å². The fourth-order valence-electron chi connectivity index (χ4n) is 5.08. The number of ether oxygens (including phenoxy) is 5. The lowest BCUT2D eigenvalue weighted by molar-refractivity contribution is -0.286. The van der Waals surface area contributed by atoms with Crippen molar-refractivity contribution in [2.75, 3.05) is 13.2 Å². The van der Waals surface area contributed by atoms with Crippen LogP contribution in [-0.2, 0) is 49.9 Å². The monoisotopic (exact) mass is 579 g/mol. The SMILES string of the molecule is [N-]=[N+]=N[C@H]1C(OCCc2ccccc2)O[C@H](COCc2ccccc2)[C@@H](OCc2ccccc2)[C@@H]1OCc1ccccc1. The van der Waals surface area contributed by atoms with Gasteiger partial charge in [-0.2, -0.15) is 0 Å². The molecule has 43 heavy (non-hydrogen) atoms. The molecule has 8 heteroatoms. The molecule has 0 saturated carbocycles. The molecule has 5 atom stereocenters. The molecule has 0 radical (unpaired) electrons. The zero-order valence-corrected chi connectivity index (χ0v) is 24.1. The molecule has 1 unspecified atom stereocenters. The summed E-state index contributed by atoms with van der Waals surface area (Å²) in [7, 11) is 0. The van der Waals surface area contributed by atoms with Crippen molar-refractivity contribution < 1.29 is 23.7 Å². The quantitative estimate of drug-likeness (QED) is 0.0856. The molecule has 1 aliphatic heterocycles. The molecular formula is C35H37N3O5. The number of azide groups is 1. The van der Waals surface area contributed by atoms with E-state index in [4.69, 9.17) is 23.7 Å². The van der Waals surface area contributed by atoms with Crippen molar-refractivity contribution >= 4 is 0 Å². The standard InChI is InChI=1S/C35H37N3O5/c36-38-37-32-34(42-25-30-19-11-4-12-20-30)33(41-24-29-17-9-3-10-18-29)31(26-39-23-28-15-7-2-8-16-28)43-35(32)40-22-21-27-13-5-1-6-14-27/h1-20,31-35H,21-26H2/t31-,32-,33-,34-,35?/m1/s1. The zero-order chi connectivity index (χ0) is 29.5. The number of hydrogen-bond acceptors (Lipinski definition) is 6. The third-order valence-corrected chi connectivity index (χ3v) is 7.28. The first kappa shape index (κ1) is 30.4. The molecule has 0 spiro atoms. The van der Waals surface area contributed by atoms with E-state index < -0.39 is 30.6 Å². The summed E-state index contributed by atoms with van der Waals surface area (Å²) in [6.45, 7) is 1.67. The second-order valence-electron chi connectivity index (χ2n) is 10.4. The summed E-state index contributed by atoms with van der Waals surface area (Å²) in [6, 6.07) is 39.1. The van der Waals surface area contributed by atoms with Crippen LogP contribution in [0, 0.1) is 0 Å². The largest absolute Gasteiger partial charge is 0.374 e. The lowest BCUT2D eigenvalue weighted by Gasteiger charge is -2.44. The van der Waals surface area contributed by atoms with E-state index in [2.05, 4.69) is 22.2 Å². The van der Waals surface area contributed by atoms with Gasteiger partial charge >= 0.3 is 0 Å². The molecule has 0 N–H and O–H groups in total. The Hall–Kier alpha value is -4.01. The van der Waals surface area contributed by atoms with Crippen molar-refractivity contribution in [3.8, 4) is 0 Å². The molecule has 4 aromatic carbocycles. The normalized spacial score (nSPS) is 21.6. The Morgan fingerprint density at radius 1 is 0.605 bits per heavy atom. The van der Waals surface area contributed by atoms with Crippen LogP contribution in [0.25, 0.3) is 10.4 Å². The van der Waals surface area contributed by atoms with E-state index in [-0.39, 0.29) is 6.61 Å². The minimum atomic E-state index is -0.845. The average Bonchev–Trinajstić information content (AvgIpc) is 3.06. The first-order chi connectivity index (χ1) is 21.3. The number of rotatable bonds is 15. The number of nitrogens with zero attached hydrogens (tertiary/aromatic N) is 3. The Balaban J connectivity index is 1.38. The molecule has 0 aromatic heterocycles. The van der Waals surface area contributed by atoms with Gasteiger partial charge in [-0.05, 0) is 34.2 Å². The van der Waals surface area contributed by atoms with Crippen LogP contribution in [0.1, 0.15) is 22.3 Å². The van der Waals surface area contributed by atoms with Crippen LogP contribution >= 0.6 is 0 Å². The predicted octanol–water partition coefficient (Wildman–Crippen LogP) is 7.04. The predicted molar refractivity (Wildman–Crippen MR) is 164 cm³/mol. The molecule has 8 nitrogen and oxygen atoms in total. The molecular weight excluding hydrogens is 542 g/mol. The molecule has 1 heterocycles. The van der Waals surface area contributed by atoms with Gasteiger partial charge in [0.25, 0.3) is 0 Å². The fourth-order valence-corrected chi connectivity index (χ4v) is 5.08. The molecule has 0 aliphatic carbocycles. The number of benzene rings is 4. The minimum Gasteiger partial charge on any atom is -0.374 e. The summed E-state index contributed by atoms with van der Waals surface area (Å²) in [5.74, 6) is 0. The second kappa shape index (κ2) is 16.6.